The highest BCUT2D eigenvalue weighted by Crippen LogP contribution is 2.46. The number of amides is 2. The third-order valence-corrected chi connectivity index (χ3v) is 7.85. The average Bonchev–Trinajstić information content (AvgIpc) is 3.65. The molecule has 1 aromatic carbocycles. The molecule has 0 bridgehead atoms. The number of rotatable bonds is 9. The first-order valence-corrected chi connectivity index (χ1v) is 15.0. The number of hydrogen-bond acceptors (Lipinski definition) is 7. The van der Waals surface area contributed by atoms with E-state index in [2.05, 4.69) is 75.6 Å². The number of likely N-dealkylation sites (tertiary alicyclic amines) is 1. The number of hydrogen-bond donors (Lipinski definition) is 4. The van der Waals surface area contributed by atoms with Gasteiger partial charge in [0.1, 0.15) is 11.9 Å². The van der Waals surface area contributed by atoms with Crippen molar-refractivity contribution in [1.29, 1.82) is 5.26 Å². The number of allylic oxidation sites excluding steroid dienone is 4. The summed E-state index contributed by atoms with van der Waals surface area (Å²) in [4.78, 5) is 28.5. The van der Waals surface area contributed by atoms with Crippen molar-refractivity contribution in [1.82, 2.24) is 25.4 Å². The van der Waals surface area contributed by atoms with Crippen molar-refractivity contribution in [3.05, 3.63) is 82.1 Å². The summed E-state index contributed by atoms with van der Waals surface area (Å²) < 4.78 is 0. The number of fused-ring (bicyclic) bond motifs is 1. The molecule has 4 rings (SSSR count). The zero-order chi connectivity index (χ0) is 32.0. The molecule has 0 radical (unpaired) electrons. The number of aryl methyl sites for hydroxylation is 2. The van der Waals surface area contributed by atoms with E-state index in [-0.39, 0.29) is 6.04 Å². The van der Waals surface area contributed by atoms with E-state index >= 15 is 0 Å². The van der Waals surface area contributed by atoms with Crippen LogP contribution < -0.4 is 16.8 Å². The lowest BCUT2D eigenvalue weighted by atomic mass is 9.69. The molecule has 1 aromatic heterocycles. The van der Waals surface area contributed by atoms with Crippen molar-refractivity contribution < 1.29 is 9.59 Å². The highest BCUT2D eigenvalue weighted by molar-refractivity contribution is 5.93. The fourth-order valence-electron chi connectivity index (χ4n) is 5.70. The Hall–Kier alpha value is -4.23. The molecular formula is C33H48N8O2. The summed E-state index contributed by atoms with van der Waals surface area (Å²) in [5, 5.41) is 19.8. The molecule has 2 heterocycles. The molecule has 2 aromatic rings. The Labute approximate surface area is 256 Å². The molecule has 6 N–H and O–H groups in total. The third kappa shape index (κ3) is 8.64. The lowest BCUT2D eigenvalue weighted by Crippen LogP contribution is -2.36. The predicted octanol–water partition coefficient (Wildman–Crippen LogP) is 4.20. The van der Waals surface area contributed by atoms with Gasteiger partial charge in [-0.25, -0.2) is 4.98 Å². The van der Waals surface area contributed by atoms with Crippen LogP contribution in [0.25, 0.3) is 0 Å². The highest BCUT2D eigenvalue weighted by Gasteiger charge is 2.43. The summed E-state index contributed by atoms with van der Waals surface area (Å²) in [5.41, 5.74) is 16.5. The summed E-state index contributed by atoms with van der Waals surface area (Å²) in [5.74, 6) is 1.29. The van der Waals surface area contributed by atoms with Gasteiger partial charge in [-0.05, 0) is 101 Å². The van der Waals surface area contributed by atoms with Crippen LogP contribution in [0.5, 0.6) is 0 Å². The van der Waals surface area contributed by atoms with Crippen LogP contribution >= 0.6 is 0 Å². The number of carbonyl (C=O) groups excluding carboxylic acids is 2. The molecule has 0 spiro atoms. The standard InChI is InChI=1S/C25H35N5O.C6H8N2O.C2H5N/c1-6-22-28-24(30-29-22)25(12-13-27-7-2)17(5)18(14-16(3)4)8-9-19-15-20(23(26)31)10-11-21(19)25;7-4-6-2-1-3-8(6)5-9;1-2-3/h10-11,14-15,27H,6-9,12-13H2,1-5H3,(H2,26,31)(H,28,29,30);5-6H,1-3H2;2H,1,3H2. The molecule has 2 atom stereocenters. The maximum absolute atomic E-state index is 11.9. The Kier molecular flexibility index (Phi) is 13.8. The predicted molar refractivity (Wildman–Crippen MR) is 171 cm³/mol. The number of nitrogens with one attached hydrogen (secondary N) is 2. The lowest BCUT2D eigenvalue weighted by Gasteiger charge is -2.35. The zero-order valence-electron chi connectivity index (χ0n) is 26.4. The van der Waals surface area contributed by atoms with Gasteiger partial charge in [-0.15, -0.1) is 0 Å². The Balaban J connectivity index is 0.000000449. The normalized spacial score (nSPS) is 19.0. The van der Waals surface area contributed by atoms with Gasteiger partial charge in [0.05, 0.1) is 11.5 Å². The number of nitrogens with two attached hydrogens (primary N) is 2. The minimum absolute atomic E-state index is 0.150. The number of carbonyl (C=O) groups is 2. The number of aromatic nitrogens is 3. The number of primary amides is 1. The average molecular weight is 589 g/mol. The Morgan fingerprint density at radius 2 is 2.05 bits per heavy atom. The maximum atomic E-state index is 11.9. The third-order valence-electron chi connectivity index (χ3n) is 7.85. The highest BCUT2D eigenvalue weighted by atomic mass is 16.1. The molecule has 1 aliphatic carbocycles. The number of nitrogens with zero attached hydrogens (tertiary/aromatic N) is 4. The Morgan fingerprint density at radius 1 is 1.33 bits per heavy atom. The van der Waals surface area contributed by atoms with Crippen molar-refractivity contribution >= 4 is 12.3 Å². The maximum Gasteiger partial charge on any atom is 0.248 e. The van der Waals surface area contributed by atoms with Gasteiger partial charge in [0, 0.05) is 18.5 Å². The fraction of sp³-hybridized carbons (Fsp3) is 0.485. The zero-order valence-corrected chi connectivity index (χ0v) is 26.4. The lowest BCUT2D eigenvalue weighted by molar-refractivity contribution is -0.118. The summed E-state index contributed by atoms with van der Waals surface area (Å²) >= 11 is 0. The number of benzene rings is 1. The van der Waals surface area contributed by atoms with Crippen LogP contribution in [-0.2, 0) is 23.1 Å². The molecule has 10 heteroatoms. The number of nitriles is 1. The van der Waals surface area contributed by atoms with E-state index in [1.165, 1.54) is 28.5 Å². The molecule has 232 valence electrons. The summed E-state index contributed by atoms with van der Waals surface area (Å²) in [6.07, 6.45) is 9.48. The van der Waals surface area contributed by atoms with Crippen LogP contribution in [0.2, 0.25) is 0 Å². The van der Waals surface area contributed by atoms with E-state index in [9.17, 15) is 9.59 Å². The smallest absolute Gasteiger partial charge is 0.248 e. The molecule has 2 amide bonds. The second-order valence-corrected chi connectivity index (χ2v) is 10.9. The summed E-state index contributed by atoms with van der Waals surface area (Å²) in [7, 11) is 0. The van der Waals surface area contributed by atoms with Gasteiger partial charge in [0.15, 0.2) is 5.82 Å². The van der Waals surface area contributed by atoms with E-state index in [4.69, 9.17) is 21.1 Å². The molecule has 43 heavy (non-hydrogen) atoms. The van der Waals surface area contributed by atoms with Crippen molar-refractivity contribution in [2.75, 3.05) is 19.6 Å². The molecule has 0 saturated carbocycles. The molecule has 2 unspecified atom stereocenters. The van der Waals surface area contributed by atoms with Crippen LogP contribution in [0.4, 0.5) is 0 Å². The minimum Gasteiger partial charge on any atom is -0.405 e. The van der Waals surface area contributed by atoms with Gasteiger partial charge in [0.25, 0.3) is 0 Å². The molecular weight excluding hydrogens is 540 g/mol. The second kappa shape index (κ2) is 17.0. The van der Waals surface area contributed by atoms with Crippen molar-refractivity contribution in [2.24, 2.45) is 11.5 Å². The molecule has 1 aliphatic heterocycles. The minimum atomic E-state index is -0.477. The van der Waals surface area contributed by atoms with Gasteiger partial charge in [0.2, 0.25) is 12.3 Å². The topological polar surface area (TPSA) is 167 Å². The van der Waals surface area contributed by atoms with Crippen LogP contribution in [0.3, 0.4) is 0 Å². The van der Waals surface area contributed by atoms with E-state index in [1.807, 2.05) is 12.1 Å². The van der Waals surface area contributed by atoms with Crippen molar-refractivity contribution in [3.8, 4) is 6.07 Å². The van der Waals surface area contributed by atoms with Gasteiger partial charge in [-0.3, -0.25) is 14.7 Å². The fourth-order valence-corrected chi connectivity index (χ4v) is 5.70. The first-order chi connectivity index (χ1) is 20.6. The van der Waals surface area contributed by atoms with Crippen molar-refractivity contribution in [2.45, 2.75) is 84.6 Å². The van der Waals surface area contributed by atoms with Crippen molar-refractivity contribution in [3.63, 3.8) is 0 Å². The Morgan fingerprint density at radius 3 is 2.58 bits per heavy atom. The quantitative estimate of drug-likeness (QED) is 0.251. The van der Waals surface area contributed by atoms with Crippen LogP contribution in [0, 0.1) is 11.3 Å². The molecule has 1 fully saturated rings. The van der Waals surface area contributed by atoms with Crippen LogP contribution in [0.1, 0.15) is 93.4 Å². The first-order valence-electron chi connectivity index (χ1n) is 15.0. The summed E-state index contributed by atoms with van der Waals surface area (Å²) in [6.45, 7) is 16.3. The second-order valence-electron chi connectivity index (χ2n) is 10.9. The number of H-pyrrole nitrogens is 1. The molecule has 1 saturated heterocycles. The largest absolute Gasteiger partial charge is 0.405 e. The van der Waals surface area contributed by atoms with Crippen LogP contribution in [0.15, 0.2) is 53.8 Å². The molecule has 10 nitrogen and oxygen atoms in total. The number of aromatic amines is 1. The van der Waals surface area contributed by atoms with Gasteiger partial charge in [-0.2, -0.15) is 10.4 Å². The Bertz CT molecular complexity index is 1350. The van der Waals surface area contributed by atoms with E-state index in [1.54, 1.807) is 4.90 Å². The van der Waals surface area contributed by atoms with Gasteiger partial charge < -0.3 is 21.7 Å². The van der Waals surface area contributed by atoms with Gasteiger partial charge >= 0.3 is 0 Å². The van der Waals surface area contributed by atoms with E-state index in [0.29, 0.717) is 5.56 Å². The van der Waals surface area contributed by atoms with E-state index in [0.717, 1.165) is 81.8 Å². The van der Waals surface area contributed by atoms with Crippen LogP contribution in [-0.4, -0.2) is 58.1 Å². The first kappa shape index (κ1) is 35.0. The van der Waals surface area contributed by atoms with Gasteiger partial charge in [-0.1, -0.05) is 43.7 Å². The SMILES string of the molecule is C=CN.CCNCCC1(c2n[nH]c(CC)n2)C(C)=C(C=C(C)C)CCc2cc(C(N)=O)ccc21.N#CC1CCCN1C=O. The molecule has 2 aliphatic rings. The monoisotopic (exact) mass is 588 g/mol. The summed E-state index contributed by atoms with van der Waals surface area (Å²) in [6, 6.07) is 7.78. The van der Waals surface area contributed by atoms with E-state index < -0.39 is 11.3 Å².